The number of hydrogen-bond donors (Lipinski definition) is 1. The fourth-order valence-electron chi connectivity index (χ4n) is 2.00. The SMILES string of the molecule is CC(C)NC(=O)c1cccc(C(=O)N(C)c2cccnc2)c1. The molecular weight excluding hydrogens is 278 g/mol. The molecule has 2 rings (SSSR count). The number of rotatable bonds is 4. The number of pyridine rings is 1. The Bertz CT molecular complexity index is 669. The monoisotopic (exact) mass is 297 g/mol. The van der Waals surface area contributed by atoms with Crippen molar-refractivity contribution < 1.29 is 9.59 Å². The number of carbonyl (C=O) groups is 2. The van der Waals surface area contributed by atoms with Crippen LogP contribution in [-0.2, 0) is 0 Å². The van der Waals surface area contributed by atoms with E-state index in [1.807, 2.05) is 13.8 Å². The molecular formula is C17H19N3O2. The van der Waals surface area contributed by atoms with Crippen LogP contribution in [-0.4, -0.2) is 29.9 Å². The van der Waals surface area contributed by atoms with E-state index in [1.54, 1.807) is 55.8 Å². The first-order chi connectivity index (χ1) is 10.5. The molecule has 0 saturated carbocycles. The van der Waals surface area contributed by atoms with Gasteiger partial charge in [0.15, 0.2) is 0 Å². The van der Waals surface area contributed by atoms with Crippen molar-refractivity contribution in [2.45, 2.75) is 19.9 Å². The minimum atomic E-state index is -0.188. The van der Waals surface area contributed by atoms with E-state index in [2.05, 4.69) is 10.3 Å². The zero-order valence-corrected chi connectivity index (χ0v) is 12.9. The predicted octanol–water partition coefficient (Wildman–Crippen LogP) is 2.50. The van der Waals surface area contributed by atoms with Gasteiger partial charge in [0.2, 0.25) is 0 Å². The molecule has 5 heteroatoms. The summed E-state index contributed by atoms with van der Waals surface area (Å²) in [5.41, 5.74) is 1.63. The number of nitrogens with zero attached hydrogens (tertiary/aromatic N) is 2. The summed E-state index contributed by atoms with van der Waals surface area (Å²) in [7, 11) is 1.68. The Morgan fingerprint density at radius 1 is 1.14 bits per heavy atom. The van der Waals surface area contributed by atoms with Gasteiger partial charge in [0.25, 0.3) is 11.8 Å². The second-order valence-corrected chi connectivity index (χ2v) is 5.28. The number of nitrogens with one attached hydrogen (secondary N) is 1. The lowest BCUT2D eigenvalue weighted by atomic mass is 10.1. The Labute approximate surface area is 130 Å². The molecule has 0 atom stereocenters. The molecule has 1 N–H and O–H groups in total. The smallest absolute Gasteiger partial charge is 0.258 e. The molecule has 22 heavy (non-hydrogen) atoms. The van der Waals surface area contributed by atoms with Gasteiger partial charge in [0, 0.05) is 30.4 Å². The summed E-state index contributed by atoms with van der Waals surface area (Å²) in [5.74, 6) is -0.374. The summed E-state index contributed by atoms with van der Waals surface area (Å²) in [6.45, 7) is 3.78. The molecule has 114 valence electrons. The number of benzene rings is 1. The summed E-state index contributed by atoms with van der Waals surface area (Å²) >= 11 is 0. The van der Waals surface area contributed by atoms with Crippen molar-refractivity contribution in [3.8, 4) is 0 Å². The summed E-state index contributed by atoms with van der Waals surface area (Å²) in [5, 5.41) is 2.81. The molecule has 0 radical (unpaired) electrons. The lowest BCUT2D eigenvalue weighted by Gasteiger charge is -2.17. The van der Waals surface area contributed by atoms with Gasteiger partial charge in [-0.05, 0) is 44.2 Å². The molecule has 0 aliphatic heterocycles. The first kappa shape index (κ1) is 15.7. The third-order valence-corrected chi connectivity index (χ3v) is 3.13. The Hall–Kier alpha value is -2.69. The van der Waals surface area contributed by atoms with E-state index in [0.717, 1.165) is 0 Å². The lowest BCUT2D eigenvalue weighted by molar-refractivity contribution is 0.0943. The molecule has 1 heterocycles. The van der Waals surface area contributed by atoms with E-state index in [0.29, 0.717) is 16.8 Å². The van der Waals surface area contributed by atoms with Gasteiger partial charge in [-0.3, -0.25) is 14.6 Å². The minimum Gasteiger partial charge on any atom is -0.350 e. The number of anilines is 1. The summed E-state index contributed by atoms with van der Waals surface area (Å²) in [4.78, 5) is 30.0. The Morgan fingerprint density at radius 3 is 2.50 bits per heavy atom. The molecule has 0 unspecified atom stereocenters. The highest BCUT2D eigenvalue weighted by Gasteiger charge is 2.15. The Morgan fingerprint density at radius 2 is 1.86 bits per heavy atom. The maximum absolute atomic E-state index is 12.5. The summed E-state index contributed by atoms with van der Waals surface area (Å²) in [6.07, 6.45) is 3.27. The fourth-order valence-corrected chi connectivity index (χ4v) is 2.00. The van der Waals surface area contributed by atoms with Crippen LogP contribution in [0.1, 0.15) is 34.6 Å². The van der Waals surface area contributed by atoms with Gasteiger partial charge in [-0.1, -0.05) is 6.07 Å². The highest BCUT2D eigenvalue weighted by Crippen LogP contribution is 2.14. The van der Waals surface area contributed by atoms with Crippen LogP contribution in [0.4, 0.5) is 5.69 Å². The van der Waals surface area contributed by atoms with Crippen molar-refractivity contribution in [2.24, 2.45) is 0 Å². The highest BCUT2D eigenvalue weighted by atomic mass is 16.2. The average Bonchev–Trinajstić information content (AvgIpc) is 2.54. The Kier molecular flexibility index (Phi) is 4.88. The van der Waals surface area contributed by atoms with E-state index in [1.165, 1.54) is 4.90 Å². The number of hydrogen-bond acceptors (Lipinski definition) is 3. The molecule has 2 aromatic rings. The summed E-state index contributed by atoms with van der Waals surface area (Å²) < 4.78 is 0. The molecule has 0 aliphatic carbocycles. The quantitative estimate of drug-likeness (QED) is 0.943. The minimum absolute atomic E-state index is 0.0462. The van der Waals surface area contributed by atoms with E-state index in [4.69, 9.17) is 0 Å². The first-order valence-electron chi connectivity index (χ1n) is 7.08. The average molecular weight is 297 g/mol. The highest BCUT2D eigenvalue weighted by molar-refractivity contribution is 6.07. The van der Waals surface area contributed by atoms with Crippen molar-refractivity contribution in [3.63, 3.8) is 0 Å². The van der Waals surface area contributed by atoms with Crippen LogP contribution in [0.15, 0.2) is 48.8 Å². The van der Waals surface area contributed by atoms with Crippen molar-refractivity contribution in [1.29, 1.82) is 0 Å². The van der Waals surface area contributed by atoms with Crippen molar-refractivity contribution in [3.05, 3.63) is 59.9 Å². The standard InChI is InChI=1S/C17H19N3O2/c1-12(2)19-16(21)13-6-4-7-14(10-13)17(22)20(3)15-8-5-9-18-11-15/h4-12H,1-3H3,(H,19,21). The van der Waals surface area contributed by atoms with Gasteiger partial charge in [-0.15, -0.1) is 0 Å². The van der Waals surface area contributed by atoms with Gasteiger partial charge in [-0.25, -0.2) is 0 Å². The number of amides is 2. The van der Waals surface area contributed by atoms with Crippen molar-refractivity contribution in [1.82, 2.24) is 10.3 Å². The van der Waals surface area contributed by atoms with Gasteiger partial charge in [0.05, 0.1) is 11.9 Å². The molecule has 0 fully saturated rings. The molecule has 2 amide bonds. The molecule has 0 spiro atoms. The second kappa shape index (κ2) is 6.85. The normalized spacial score (nSPS) is 10.4. The van der Waals surface area contributed by atoms with E-state index < -0.39 is 0 Å². The Balaban J connectivity index is 2.22. The van der Waals surface area contributed by atoms with E-state index in [9.17, 15) is 9.59 Å². The number of carbonyl (C=O) groups excluding carboxylic acids is 2. The van der Waals surface area contributed by atoms with E-state index in [-0.39, 0.29) is 17.9 Å². The van der Waals surface area contributed by atoms with Crippen LogP contribution in [0.3, 0.4) is 0 Å². The first-order valence-corrected chi connectivity index (χ1v) is 7.08. The molecule has 1 aromatic heterocycles. The fraction of sp³-hybridized carbons (Fsp3) is 0.235. The maximum Gasteiger partial charge on any atom is 0.258 e. The molecule has 0 bridgehead atoms. The van der Waals surface area contributed by atoms with Crippen molar-refractivity contribution in [2.75, 3.05) is 11.9 Å². The van der Waals surface area contributed by atoms with Crippen LogP contribution in [0.25, 0.3) is 0 Å². The molecule has 1 aromatic carbocycles. The van der Waals surface area contributed by atoms with Crippen molar-refractivity contribution >= 4 is 17.5 Å². The second-order valence-electron chi connectivity index (χ2n) is 5.28. The molecule has 0 aliphatic rings. The van der Waals surface area contributed by atoms with Crippen LogP contribution in [0.2, 0.25) is 0 Å². The lowest BCUT2D eigenvalue weighted by Crippen LogP contribution is -2.31. The van der Waals surface area contributed by atoms with Gasteiger partial charge >= 0.3 is 0 Å². The van der Waals surface area contributed by atoms with Crippen LogP contribution < -0.4 is 10.2 Å². The predicted molar refractivity (Wildman–Crippen MR) is 86.0 cm³/mol. The van der Waals surface area contributed by atoms with Gasteiger partial charge in [-0.2, -0.15) is 0 Å². The summed E-state index contributed by atoms with van der Waals surface area (Å²) in [6, 6.07) is 10.3. The van der Waals surface area contributed by atoms with E-state index >= 15 is 0 Å². The molecule has 0 saturated heterocycles. The number of aromatic nitrogens is 1. The van der Waals surface area contributed by atoms with Gasteiger partial charge in [0.1, 0.15) is 0 Å². The topological polar surface area (TPSA) is 62.3 Å². The van der Waals surface area contributed by atoms with Crippen LogP contribution in [0, 0.1) is 0 Å². The van der Waals surface area contributed by atoms with Crippen LogP contribution in [0.5, 0.6) is 0 Å². The zero-order valence-electron chi connectivity index (χ0n) is 12.9. The van der Waals surface area contributed by atoms with Gasteiger partial charge < -0.3 is 10.2 Å². The maximum atomic E-state index is 12.5. The molecule has 5 nitrogen and oxygen atoms in total. The third-order valence-electron chi connectivity index (χ3n) is 3.13. The largest absolute Gasteiger partial charge is 0.350 e. The van der Waals surface area contributed by atoms with Crippen LogP contribution >= 0.6 is 0 Å². The third kappa shape index (κ3) is 3.69. The zero-order chi connectivity index (χ0) is 16.1.